The van der Waals surface area contributed by atoms with Crippen molar-refractivity contribution in [3.63, 3.8) is 0 Å². The van der Waals surface area contributed by atoms with Crippen molar-refractivity contribution >= 4 is 11.8 Å². The molecule has 5 heteroatoms. The number of carbonyl (C=O) groups excluding carboxylic acids is 2. The average molecular weight is 397 g/mol. The Balaban J connectivity index is 2.19. The minimum absolute atomic E-state index is 0.121. The summed E-state index contributed by atoms with van der Waals surface area (Å²) in [5.41, 5.74) is 2.67. The molecule has 0 radical (unpaired) electrons. The monoisotopic (exact) mass is 396 g/mol. The predicted octanol–water partition coefficient (Wildman–Crippen LogP) is 4.01. The number of rotatable bonds is 7. The van der Waals surface area contributed by atoms with Gasteiger partial charge in [0, 0.05) is 12.1 Å². The zero-order valence-corrected chi connectivity index (χ0v) is 18.3. The molecular weight excluding hydrogens is 364 g/mol. The topological polar surface area (TPSA) is 58.6 Å². The predicted molar refractivity (Wildman–Crippen MR) is 116 cm³/mol. The fourth-order valence-electron chi connectivity index (χ4n) is 3.00. The van der Waals surface area contributed by atoms with Gasteiger partial charge in [0.15, 0.2) is 6.61 Å². The van der Waals surface area contributed by atoms with E-state index < -0.39 is 6.04 Å². The Morgan fingerprint density at radius 1 is 1.07 bits per heavy atom. The minimum Gasteiger partial charge on any atom is -0.484 e. The van der Waals surface area contributed by atoms with E-state index in [0.717, 1.165) is 16.7 Å². The summed E-state index contributed by atoms with van der Waals surface area (Å²) < 4.78 is 5.75. The Hall–Kier alpha value is -2.82. The standard InChI is InChI=1S/C24H32N2O3/c1-17-10-9-12-20(14-17)15-26(19(3)23(28)25-24(4,5)6)22(27)16-29-21-13-8-7-11-18(21)2/h7-14,19H,15-16H2,1-6H3,(H,25,28)/t19-/m1/s1. The smallest absolute Gasteiger partial charge is 0.261 e. The maximum absolute atomic E-state index is 13.0. The van der Waals surface area contributed by atoms with Gasteiger partial charge in [0.25, 0.3) is 5.91 Å². The minimum atomic E-state index is -0.622. The van der Waals surface area contributed by atoms with Crippen molar-refractivity contribution in [1.82, 2.24) is 10.2 Å². The van der Waals surface area contributed by atoms with Crippen molar-refractivity contribution in [3.05, 3.63) is 65.2 Å². The first kappa shape index (κ1) is 22.5. The van der Waals surface area contributed by atoms with Gasteiger partial charge in [-0.3, -0.25) is 9.59 Å². The van der Waals surface area contributed by atoms with Crippen LogP contribution in [0.15, 0.2) is 48.5 Å². The van der Waals surface area contributed by atoms with Crippen molar-refractivity contribution in [2.75, 3.05) is 6.61 Å². The molecule has 0 aliphatic heterocycles. The summed E-state index contributed by atoms with van der Waals surface area (Å²) in [4.78, 5) is 27.4. The number of benzene rings is 2. The van der Waals surface area contributed by atoms with Crippen LogP contribution in [0, 0.1) is 13.8 Å². The van der Waals surface area contributed by atoms with Gasteiger partial charge in [-0.1, -0.05) is 48.0 Å². The summed E-state index contributed by atoms with van der Waals surface area (Å²) >= 11 is 0. The van der Waals surface area contributed by atoms with Crippen LogP contribution in [-0.2, 0) is 16.1 Å². The van der Waals surface area contributed by atoms with Gasteiger partial charge in [-0.2, -0.15) is 0 Å². The van der Waals surface area contributed by atoms with Gasteiger partial charge in [0.2, 0.25) is 5.91 Å². The van der Waals surface area contributed by atoms with E-state index in [4.69, 9.17) is 4.74 Å². The maximum Gasteiger partial charge on any atom is 0.261 e. The van der Waals surface area contributed by atoms with Crippen LogP contribution in [-0.4, -0.2) is 34.9 Å². The van der Waals surface area contributed by atoms with Gasteiger partial charge >= 0.3 is 0 Å². The molecule has 0 spiro atoms. The Labute approximate surface area is 174 Å². The number of nitrogens with zero attached hydrogens (tertiary/aromatic N) is 1. The van der Waals surface area contributed by atoms with E-state index in [1.165, 1.54) is 0 Å². The lowest BCUT2D eigenvalue weighted by molar-refractivity contribution is -0.142. The van der Waals surface area contributed by atoms with Gasteiger partial charge < -0.3 is 15.0 Å². The first-order valence-corrected chi connectivity index (χ1v) is 9.92. The fourth-order valence-corrected chi connectivity index (χ4v) is 3.00. The highest BCUT2D eigenvalue weighted by Gasteiger charge is 2.28. The number of hydrogen-bond acceptors (Lipinski definition) is 3. The van der Waals surface area contributed by atoms with E-state index in [0.29, 0.717) is 12.3 Å². The molecule has 1 atom stereocenters. The quantitative estimate of drug-likeness (QED) is 0.769. The Morgan fingerprint density at radius 3 is 2.38 bits per heavy atom. The van der Waals surface area contributed by atoms with Gasteiger partial charge in [-0.05, 0) is 58.7 Å². The Morgan fingerprint density at radius 2 is 1.76 bits per heavy atom. The zero-order chi connectivity index (χ0) is 21.6. The average Bonchev–Trinajstić information content (AvgIpc) is 2.63. The lowest BCUT2D eigenvalue weighted by Crippen LogP contribution is -2.53. The molecule has 0 aliphatic rings. The number of hydrogen-bond donors (Lipinski definition) is 1. The van der Waals surface area contributed by atoms with Crippen LogP contribution < -0.4 is 10.1 Å². The van der Waals surface area contributed by atoms with Gasteiger partial charge in [-0.15, -0.1) is 0 Å². The maximum atomic E-state index is 13.0. The molecule has 0 aromatic heterocycles. The summed E-state index contributed by atoms with van der Waals surface area (Å²) in [6, 6.07) is 14.9. The van der Waals surface area contributed by atoms with Crippen molar-refractivity contribution < 1.29 is 14.3 Å². The third-order valence-electron chi connectivity index (χ3n) is 4.55. The summed E-state index contributed by atoms with van der Waals surface area (Å²) in [5, 5.41) is 2.96. The van der Waals surface area contributed by atoms with Gasteiger partial charge in [-0.25, -0.2) is 0 Å². The summed E-state index contributed by atoms with van der Waals surface area (Å²) in [7, 11) is 0. The summed E-state index contributed by atoms with van der Waals surface area (Å²) in [5.74, 6) is 0.254. The van der Waals surface area contributed by atoms with Crippen LogP contribution in [0.25, 0.3) is 0 Å². The van der Waals surface area contributed by atoms with Crippen LogP contribution in [0.4, 0.5) is 0 Å². The van der Waals surface area contributed by atoms with Gasteiger partial charge in [0.05, 0.1) is 0 Å². The lowest BCUT2D eigenvalue weighted by Gasteiger charge is -2.31. The van der Waals surface area contributed by atoms with Crippen LogP contribution in [0.2, 0.25) is 0 Å². The highest BCUT2D eigenvalue weighted by Crippen LogP contribution is 2.17. The molecule has 2 amide bonds. The van der Waals surface area contributed by atoms with Crippen LogP contribution in [0.1, 0.15) is 44.4 Å². The second-order valence-corrected chi connectivity index (χ2v) is 8.48. The second kappa shape index (κ2) is 9.59. The number of carbonyl (C=O) groups is 2. The lowest BCUT2D eigenvalue weighted by atomic mass is 10.1. The molecule has 2 aromatic rings. The van der Waals surface area contributed by atoms with Crippen molar-refractivity contribution in [1.29, 1.82) is 0 Å². The van der Waals surface area contributed by atoms with Crippen LogP contribution in [0.5, 0.6) is 5.75 Å². The van der Waals surface area contributed by atoms with Gasteiger partial charge in [0.1, 0.15) is 11.8 Å². The fraction of sp³-hybridized carbons (Fsp3) is 0.417. The molecule has 0 unspecified atom stereocenters. The van der Waals surface area contributed by atoms with Crippen molar-refractivity contribution in [3.8, 4) is 5.75 Å². The number of nitrogens with one attached hydrogen (secondary N) is 1. The molecule has 156 valence electrons. The van der Waals surface area contributed by atoms with Crippen LogP contribution >= 0.6 is 0 Å². The Kier molecular flexibility index (Phi) is 7.43. The molecular formula is C24H32N2O3. The van der Waals surface area contributed by atoms with Crippen LogP contribution in [0.3, 0.4) is 0 Å². The van der Waals surface area contributed by atoms with Crippen molar-refractivity contribution in [2.45, 2.75) is 59.7 Å². The largest absolute Gasteiger partial charge is 0.484 e. The van der Waals surface area contributed by atoms with E-state index in [2.05, 4.69) is 5.32 Å². The first-order valence-electron chi connectivity index (χ1n) is 9.92. The summed E-state index contributed by atoms with van der Waals surface area (Å²) in [6.45, 7) is 11.7. The van der Waals surface area contributed by atoms with E-state index >= 15 is 0 Å². The molecule has 1 N–H and O–H groups in total. The molecule has 5 nitrogen and oxygen atoms in total. The van der Waals surface area contributed by atoms with E-state index in [1.54, 1.807) is 11.8 Å². The highest BCUT2D eigenvalue weighted by molar-refractivity contribution is 5.88. The molecule has 2 aromatic carbocycles. The molecule has 0 fully saturated rings. The number of amides is 2. The Bertz CT molecular complexity index is 855. The molecule has 0 bridgehead atoms. The molecule has 0 aliphatic carbocycles. The first-order chi connectivity index (χ1) is 13.6. The number of para-hydroxylation sites is 1. The molecule has 29 heavy (non-hydrogen) atoms. The molecule has 0 saturated heterocycles. The number of ether oxygens (including phenoxy) is 1. The third-order valence-corrected chi connectivity index (χ3v) is 4.55. The van der Waals surface area contributed by atoms with Crippen molar-refractivity contribution in [2.24, 2.45) is 0 Å². The molecule has 0 saturated carbocycles. The van der Waals surface area contributed by atoms with E-state index in [-0.39, 0.29) is 24.0 Å². The van der Waals surface area contributed by atoms with E-state index in [1.807, 2.05) is 83.1 Å². The normalized spacial score (nSPS) is 12.2. The highest BCUT2D eigenvalue weighted by atomic mass is 16.5. The zero-order valence-electron chi connectivity index (χ0n) is 18.3. The number of aryl methyl sites for hydroxylation is 2. The third kappa shape index (κ3) is 6.93. The SMILES string of the molecule is Cc1cccc(CN(C(=O)COc2ccccc2C)[C@H](C)C(=O)NC(C)(C)C)c1. The van der Waals surface area contributed by atoms with E-state index in [9.17, 15) is 9.59 Å². The molecule has 2 rings (SSSR count). The second-order valence-electron chi connectivity index (χ2n) is 8.48. The molecule has 0 heterocycles. The summed E-state index contributed by atoms with van der Waals surface area (Å²) in [6.07, 6.45) is 0.